The van der Waals surface area contributed by atoms with Crippen LogP contribution in [-0.4, -0.2) is 10.1 Å². The second-order valence-electron chi connectivity index (χ2n) is 2.39. The largest absolute Gasteiger partial charge is 0.506 e. The van der Waals surface area contributed by atoms with Gasteiger partial charge in [-0.05, 0) is 12.1 Å². The van der Waals surface area contributed by atoms with Crippen molar-refractivity contribution < 1.29 is 5.11 Å². The van der Waals surface area contributed by atoms with E-state index in [0.29, 0.717) is 0 Å². The van der Waals surface area contributed by atoms with Crippen LogP contribution in [0.15, 0.2) is 36.5 Å². The molecule has 2 nitrogen and oxygen atoms in total. The van der Waals surface area contributed by atoms with Crippen molar-refractivity contribution >= 4 is 34.9 Å². The number of aromatic hydroxyl groups is 1. The van der Waals surface area contributed by atoms with E-state index in [1.807, 2.05) is 24.3 Å². The van der Waals surface area contributed by atoms with E-state index in [9.17, 15) is 0 Å². The van der Waals surface area contributed by atoms with Gasteiger partial charge in [0.1, 0.15) is 5.75 Å². The molecule has 0 spiro atoms. The fraction of sp³-hybridized carbons (Fsp3) is 0. The van der Waals surface area contributed by atoms with Gasteiger partial charge in [-0.3, -0.25) is 4.98 Å². The van der Waals surface area contributed by atoms with Crippen LogP contribution in [0.25, 0.3) is 10.9 Å². The number of nitrogens with zero attached hydrogens (tertiary/aromatic N) is 1. The molecule has 2 rings (SSSR count). The average Bonchev–Trinajstić information content (AvgIpc) is 2.04. The third kappa shape index (κ3) is 1.66. The molecule has 1 heterocycles. The zero-order valence-corrected chi connectivity index (χ0v) is 8.60. The van der Waals surface area contributed by atoms with Crippen LogP contribution in [-0.2, 0) is 0 Å². The van der Waals surface area contributed by atoms with Gasteiger partial charge in [-0.2, -0.15) is 0 Å². The highest BCUT2D eigenvalue weighted by Gasteiger charge is 1.92. The molecule has 0 amide bonds. The van der Waals surface area contributed by atoms with E-state index in [1.165, 1.54) is 6.20 Å². The molecule has 1 aromatic carbocycles. The summed E-state index contributed by atoms with van der Waals surface area (Å²) in [6.45, 7) is 0. The summed E-state index contributed by atoms with van der Waals surface area (Å²) in [6.07, 6.45) is 1.45. The van der Waals surface area contributed by atoms with Crippen molar-refractivity contribution in [3.63, 3.8) is 0 Å². The maximum Gasteiger partial charge on any atom is 0.134 e. The number of hydrogen-bond donors (Lipinski definition) is 1. The molecule has 0 bridgehead atoms. The summed E-state index contributed by atoms with van der Waals surface area (Å²) in [5, 5.41) is 10.0. The van der Waals surface area contributed by atoms with Crippen LogP contribution in [0.3, 0.4) is 0 Å². The van der Waals surface area contributed by atoms with Gasteiger partial charge in [-0.1, -0.05) is 18.2 Å². The SMILES string of the molecule is I.Oc1cnc2ccccc2c1. The first kappa shape index (κ1) is 9.25. The predicted octanol–water partition coefficient (Wildman–Crippen LogP) is 2.56. The highest BCUT2D eigenvalue weighted by molar-refractivity contribution is 14.0. The van der Waals surface area contributed by atoms with Crippen LogP contribution in [0.1, 0.15) is 0 Å². The lowest BCUT2D eigenvalue weighted by molar-refractivity contribution is 0.474. The smallest absolute Gasteiger partial charge is 0.134 e. The minimum Gasteiger partial charge on any atom is -0.506 e. The first-order valence-corrected chi connectivity index (χ1v) is 3.40. The van der Waals surface area contributed by atoms with Crippen molar-refractivity contribution in [1.29, 1.82) is 0 Å². The lowest BCUT2D eigenvalue weighted by Crippen LogP contribution is -1.75. The van der Waals surface area contributed by atoms with E-state index in [1.54, 1.807) is 6.07 Å². The maximum atomic E-state index is 9.07. The van der Waals surface area contributed by atoms with Gasteiger partial charge in [0, 0.05) is 5.39 Å². The Labute approximate surface area is 87.3 Å². The minimum atomic E-state index is 0. The summed E-state index contributed by atoms with van der Waals surface area (Å²) in [4.78, 5) is 4.03. The Kier molecular flexibility index (Phi) is 2.86. The highest BCUT2D eigenvalue weighted by Crippen LogP contribution is 2.15. The lowest BCUT2D eigenvalue weighted by atomic mass is 10.2. The molecule has 2 aromatic rings. The molecule has 0 aliphatic carbocycles. The maximum absolute atomic E-state index is 9.07. The number of pyridine rings is 1. The zero-order valence-electron chi connectivity index (χ0n) is 6.27. The molecular formula is C9H8INO. The van der Waals surface area contributed by atoms with Gasteiger partial charge in [-0.25, -0.2) is 0 Å². The monoisotopic (exact) mass is 273 g/mol. The number of hydrogen-bond acceptors (Lipinski definition) is 2. The second-order valence-corrected chi connectivity index (χ2v) is 2.39. The van der Waals surface area contributed by atoms with Gasteiger partial charge in [-0.15, -0.1) is 24.0 Å². The third-order valence-electron chi connectivity index (χ3n) is 1.58. The Morgan fingerprint density at radius 2 is 1.92 bits per heavy atom. The lowest BCUT2D eigenvalue weighted by Gasteiger charge is -1.95. The highest BCUT2D eigenvalue weighted by atomic mass is 127. The minimum absolute atomic E-state index is 0. The first-order valence-electron chi connectivity index (χ1n) is 3.40. The normalized spacial score (nSPS) is 9.33. The third-order valence-corrected chi connectivity index (χ3v) is 1.58. The average molecular weight is 273 g/mol. The van der Waals surface area contributed by atoms with E-state index >= 15 is 0 Å². The first-order chi connectivity index (χ1) is 5.36. The summed E-state index contributed by atoms with van der Waals surface area (Å²) < 4.78 is 0. The molecule has 0 aliphatic rings. The Morgan fingerprint density at radius 1 is 1.17 bits per heavy atom. The van der Waals surface area contributed by atoms with Crippen molar-refractivity contribution in [2.75, 3.05) is 0 Å². The van der Waals surface area contributed by atoms with Crippen molar-refractivity contribution in [3.05, 3.63) is 36.5 Å². The van der Waals surface area contributed by atoms with Crippen LogP contribution in [0.2, 0.25) is 0 Å². The number of rotatable bonds is 0. The fourth-order valence-corrected chi connectivity index (χ4v) is 1.06. The van der Waals surface area contributed by atoms with Crippen molar-refractivity contribution in [3.8, 4) is 5.75 Å². The van der Waals surface area contributed by atoms with Gasteiger partial charge in [0.05, 0.1) is 11.7 Å². The van der Waals surface area contributed by atoms with E-state index in [-0.39, 0.29) is 29.7 Å². The van der Waals surface area contributed by atoms with Crippen molar-refractivity contribution in [2.45, 2.75) is 0 Å². The molecule has 0 aliphatic heterocycles. The van der Waals surface area contributed by atoms with Crippen LogP contribution < -0.4 is 0 Å². The molecule has 0 saturated carbocycles. The summed E-state index contributed by atoms with van der Waals surface area (Å²) in [5.74, 6) is 0.212. The van der Waals surface area contributed by atoms with E-state index in [2.05, 4.69) is 4.98 Å². The summed E-state index contributed by atoms with van der Waals surface area (Å²) in [5.41, 5.74) is 0.908. The van der Waals surface area contributed by atoms with E-state index in [4.69, 9.17) is 5.11 Å². The quantitative estimate of drug-likeness (QED) is 0.748. The number of fused-ring (bicyclic) bond motifs is 1. The van der Waals surface area contributed by atoms with Crippen LogP contribution in [0.4, 0.5) is 0 Å². The number of halogens is 1. The van der Waals surface area contributed by atoms with Crippen molar-refractivity contribution in [1.82, 2.24) is 4.98 Å². The Balaban J connectivity index is 0.000000720. The molecule has 12 heavy (non-hydrogen) atoms. The van der Waals surface area contributed by atoms with Crippen LogP contribution in [0.5, 0.6) is 5.75 Å². The van der Waals surface area contributed by atoms with Crippen molar-refractivity contribution in [2.24, 2.45) is 0 Å². The van der Waals surface area contributed by atoms with E-state index in [0.717, 1.165) is 10.9 Å². The summed E-state index contributed by atoms with van der Waals surface area (Å²) in [7, 11) is 0. The predicted molar refractivity (Wildman–Crippen MR) is 58.8 cm³/mol. The Bertz CT molecular complexity index is 389. The van der Waals surface area contributed by atoms with E-state index < -0.39 is 0 Å². The second kappa shape index (κ2) is 3.71. The molecule has 3 heteroatoms. The molecule has 0 unspecified atom stereocenters. The summed E-state index contributed by atoms with van der Waals surface area (Å²) in [6, 6.07) is 9.37. The summed E-state index contributed by atoms with van der Waals surface area (Å²) >= 11 is 0. The topological polar surface area (TPSA) is 33.1 Å². The zero-order chi connectivity index (χ0) is 7.68. The molecule has 62 valence electrons. The molecule has 0 radical (unpaired) electrons. The molecule has 0 fully saturated rings. The van der Waals surface area contributed by atoms with Gasteiger partial charge >= 0.3 is 0 Å². The fourth-order valence-electron chi connectivity index (χ4n) is 1.06. The molecule has 0 atom stereocenters. The molecular weight excluding hydrogens is 265 g/mol. The van der Waals surface area contributed by atoms with Gasteiger partial charge in [0.25, 0.3) is 0 Å². The van der Waals surface area contributed by atoms with Gasteiger partial charge in [0.2, 0.25) is 0 Å². The number of benzene rings is 1. The van der Waals surface area contributed by atoms with Crippen LogP contribution >= 0.6 is 24.0 Å². The Hall–Kier alpha value is -0.840. The number of aromatic nitrogens is 1. The molecule has 1 aromatic heterocycles. The Morgan fingerprint density at radius 3 is 2.75 bits per heavy atom. The standard InChI is InChI=1S/C9H7NO.HI/c11-8-5-7-3-1-2-4-9(7)10-6-8;/h1-6,11H;1H. The molecule has 0 saturated heterocycles. The molecule has 1 N–H and O–H groups in total. The van der Waals surface area contributed by atoms with Gasteiger partial charge in [0.15, 0.2) is 0 Å². The van der Waals surface area contributed by atoms with Crippen LogP contribution in [0, 0.1) is 0 Å². The number of para-hydroxylation sites is 1. The van der Waals surface area contributed by atoms with Gasteiger partial charge < -0.3 is 5.11 Å².